The molecule has 0 spiro atoms. The Hall–Kier alpha value is -0.0231. The molecule has 4 heteroatoms. The van der Waals surface area contributed by atoms with Crippen LogP contribution in [0.15, 0.2) is 30.3 Å². The van der Waals surface area contributed by atoms with Gasteiger partial charge >= 0.3 is 7.66 Å². The van der Waals surface area contributed by atoms with Gasteiger partial charge in [-0.05, 0) is 5.56 Å². The van der Waals surface area contributed by atoms with Crippen LogP contribution in [-0.4, -0.2) is 7.66 Å². The Morgan fingerprint density at radius 2 is 1.82 bits per heavy atom. The zero-order valence-corrected chi connectivity index (χ0v) is 8.27. The van der Waals surface area contributed by atoms with E-state index in [0.717, 1.165) is 5.56 Å². The second-order valence-corrected chi connectivity index (χ2v) is 5.38. The van der Waals surface area contributed by atoms with Gasteiger partial charge in [-0.1, -0.05) is 30.3 Å². The van der Waals surface area contributed by atoms with Gasteiger partial charge in [0.25, 0.3) is 0 Å². The third-order valence-corrected chi connectivity index (χ3v) is 2.21. The molecule has 0 N–H and O–H groups in total. The molecule has 1 radical (unpaired) electrons. The van der Waals surface area contributed by atoms with Crippen molar-refractivity contribution >= 4 is 29.8 Å². The Morgan fingerprint density at radius 1 is 1.18 bits per heavy atom. The average molecular weight is 206 g/mol. The minimum atomic E-state index is -1.59. The summed E-state index contributed by atoms with van der Waals surface area (Å²) in [6, 6.07) is 9.80. The summed E-state index contributed by atoms with van der Waals surface area (Å²) in [6.07, 6.45) is 0. The molecule has 59 valence electrons. The molecule has 0 aliphatic carbocycles. The molecule has 0 fully saturated rings. The Morgan fingerprint density at radius 3 is 2.36 bits per heavy atom. The molecule has 1 aromatic rings. The zero-order chi connectivity index (χ0) is 8.10. The van der Waals surface area contributed by atoms with Gasteiger partial charge in [0.15, 0.2) is 0 Å². The Kier molecular flexibility index (Phi) is 3.94. The lowest BCUT2D eigenvalue weighted by Gasteiger charge is -2.01. The van der Waals surface area contributed by atoms with Crippen LogP contribution in [0.3, 0.4) is 0 Å². The van der Waals surface area contributed by atoms with Gasteiger partial charge < -0.3 is 4.43 Å². The molecule has 0 atom stereocenters. The highest BCUT2D eigenvalue weighted by atomic mass is 35.7. The molecule has 1 rings (SSSR count). The van der Waals surface area contributed by atoms with Crippen LogP contribution in [-0.2, 0) is 11.0 Å². The second kappa shape index (κ2) is 4.77. The van der Waals surface area contributed by atoms with Crippen molar-refractivity contribution in [1.29, 1.82) is 0 Å². The first-order valence-corrected chi connectivity index (χ1v) is 6.57. The first-order valence-electron chi connectivity index (χ1n) is 3.14. The fourth-order valence-corrected chi connectivity index (χ4v) is 1.32. The smallest absolute Gasteiger partial charge is 0.387 e. The zero-order valence-electron chi connectivity index (χ0n) is 5.76. The number of hydrogen-bond acceptors (Lipinski definition) is 1. The van der Waals surface area contributed by atoms with Crippen LogP contribution in [0, 0.1) is 0 Å². The van der Waals surface area contributed by atoms with E-state index in [-0.39, 0.29) is 0 Å². The van der Waals surface area contributed by atoms with Crippen molar-refractivity contribution in [2.24, 2.45) is 0 Å². The molecule has 0 heterocycles. The summed E-state index contributed by atoms with van der Waals surface area (Å²) in [5.41, 5.74) is 1.09. The van der Waals surface area contributed by atoms with Crippen LogP contribution in [0.1, 0.15) is 5.56 Å². The van der Waals surface area contributed by atoms with Crippen molar-refractivity contribution in [3.05, 3.63) is 35.9 Å². The summed E-state index contributed by atoms with van der Waals surface area (Å²) >= 11 is 10.9. The van der Waals surface area contributed by atoms with Crippen molar-refractivity contribution in [2.75, 3.05) is 0 Å². The summed E-state index contributed by atoms with van der Waals surface area (Å²) in [4.78, 5) is 0. The molecule has 0 saturated carbocycles. The Bertz CT molecular complexity index is 203. The predicted octanol–water partition coefficient (Wildman–Crippen LogP) is 2.67. The summed E-state index contributed by atoms with van der Waals surface area (Å²) in [6.45, 7) is 0.502. The van der Waals surface area contributed by atoms with E-state index in [1.807, 2.05) is 30.3 Å². The molecule has 0 unspecified atom stereocenters. The number of rotatable bonds is 3. The normalized spacial score (nSPS) is 10.5. The van der Waals surface area contributed by atoms with E-state index in [1.165, 1.54) is 0 Å². The molecule has 1 aromatic carbocycles. The van der Waals surface area contributed by atoms with Crippen LogP contribution in [0.5, 0.6) is 0 Å². The third-order valence-electron chi connectivity index (χ3n) is 1.19. The summed E-state index contributed by atoms with van der Waals surface area (Å²) in [5.74, 6) is 0. The monoisotopic (exact) mass is 205 g/mol. The largest absolute Gasteiger partial charge is 0.438 e. The van der Waals surface area contributed by atoms with E-state index in [2.05, 4.69) is 0 Å². The van der Waals surface area contributed by atoms with Crippen LogP contribution in [0.4, 0.5) is 0 Å². The first-order chi connectivity index (χ1) is 5.29. The maximum atomic E-state index is 5.47. The van der Waals surface area contributed by atoms with Crippen molar-refractivity contribution in [3.8, 4) is 0 Å². The Balaban J connectivity index is 2.39. The Labute approximate surface area is 77.0 Å². The van der Waals surface area contributed by atoms with Crippen molar-refractivity contribution in [3.63, 3.8) is 0 Å². The van der Waals surface area contributed by atoms with Crippen LogP contribution < -0.4 is 0 Å². The fraction of sp³-hybridized carbons (Fsp3) is 0.143. The molecule has 0 aliphatic heterocycles. The van der Waals surface area contributed by atoms with Gasteiger partial charge in [-0.15, -0.1) is 22.2 Å². The highest BCUT2D eigenvalue weighted by Gasteiger charge is 2.03. The lowest BCUT2D eigenvalue weighted by atomic mass is 10.2. The maximum Gasteiger partial charge on any atom is 0.438 e. The fourth-order valence-electron chi connectivity index (χ4n) is 0.712. The predicted molar refractivity (Wildman–Crippen MR) is 48.7 cm³/mol. The molecule has 0 amide bonds. The van der Waals surface area contributed by atoms with E-state index >= 15 is 0 Å². The number of halogens is 2. The van der Waals surface area contributed by atoms with Gasteiger partial charge in [0.2, 0.25) is 0 Å². The highest BCUT2D eigenvalue weighted by Crippen LogP contribution is 2.05. The molecule has 0 bridgehead atoms. The van der Waals surface area contributed by atoms with E-state index in [4.69, 9.17) is 26.6 Å². The highest BCUT2D eigenvalue weighted by molar-refractivity contribution is 7.30. The summed E-state index contributed by atoms with van der Waals surface area (Å²) in [7, 11) is -1.59. The summed E-state index contributed by atoms with van der Waals surface area (Å²) in [5, 5.41) is 0. The summed E-state index contributed by atoms with van der Waals surface area (Å²) < 4.78 is 5.06. The van der Waals surface area contributed by atoms with Crippen LogP contribution in [0.2, 0.25) is 0 Å². The van der Waals surface area contributed by atoms with E-state index in [9.17, 15) is 0 Å². The van der Waals surface area contributed by atoms with Crippen molar-refractivity contribution < 1.29 is 4.43 Å². The number of benzene rings is 1. The van der Waals surface area contributed by atoms with Crippen molar-refractivity contribution in [2.45, 2.75) is 6.61 Å². The molecular weight excluding hydrogens is 199 g/mol. The lowest BCUT2D eigenvalue weighted by Crippen LogP contribution is -2.01. The molecule has 11 heavy (non-hydrogen) atoms. The molecule has 0 aliphatic rings. The minimum absolute atomic E-state index is 0.502. The van der Waals surface area contributed by atoms with Crippen LogP contribution in [0.25, 0.3) is 0 Å². The number of hydrogen-bond donors (Lipinski definition) is 0. The molecule has 0 aromatic heterocycles. The van der Waals surface area contributed by atoms with Gasteiger partial charge in [0.1, 0.15) is 0 Å². The van der Waals surface area contributed by atoms with Gasteiger partial charge in [0, 0.05) is 0 Å². The van der Waals surface area contributed by atoms with Gasteiger partial charge in [-0.25, -0.2) is 0 Å². The molecular formula is C7H7Cl2OSi. The molecule has 1 nitrogen and oxygen atoms in total. The average Bonchev–Trinajstić information content (AvgIpc) is 2.03. The van der Waals surface area contributed by atoms with E-state index in [1.54, 1.807) is 0 Å². The minimum Gasteiger partial charge on any atom is -0.387 e. The standard InChI is InChI=1S/C7H7Cl2OSi/c8-11(9)10-6-7-4-2-1-3-5-7/h1-5H,6H2. The van der Waals surface area contributed by atoms with E-state index < -0.39 is 7.66 Å². The third kappa shape index (κ3) is 3.77. The SMILES string of the molecule is Cl[Si](Cl)OCc1ccccc1. The first kappa shape index (κ1) is 9.07. The molecule has 0 saturated heterocycles. The lowest BCUT2D eigenvalue weighted by molar-refractivity contribution is 0.329. The van der Waals surface area contributed by atoms with Crippen LogP contribution >= 0.6 is 22.2 Å². The maximum absolute atomic E-state index is 5.47. The van der Waals surface area contributed by atoms with Gasteiger partial charge in [0.05, 0.1) is 6.61 Å². The second-order valence-electron chi connectivity index (χ2n) is 2.00. The van der Waals surface area contributed by atoms with Crippen molar-refractivity contribution in [1.82, 2.24) is 0 Å². The van der Waals surface area contributed by atoms with Gasteiger partial charge in [-0.3, -0.25) is 0 Å². The topological polar surface area (TPSA) is 9.23 Å². The van der Waals surface area contributed by atoms with E-state index in [0.29, 0.717) is 6.61 Å². The van der Waals surface area contributed by atoms with Gasteiger partial charge in [-0.2, -0.15) is 0 Å². The quantitative estimate of drug-likeness (QED) is 0.545.